The molecule has 0 spiro atoms. The number of nitrogens with zero attached hydrogens (tertiary/aromatic N) is 2. The van der Waals surface area contributed by atoms with Crippen molar-refractivity contribution in [3.8, 4) is 29.1 Å². The molecule has 22 heavy (non-hydrogen) atoms. The van der Waals surface area contributed by atoms with E-state index in [9.17, 15) is 0 Å². The summed E-state index contributed by atoms with van der Waals surface area (Å²) in [5.74, 6) is 8.88. The molecular formula is C17H22N2O3. The first-order valence-electron chi connectivity index (χ1n) is 7.44. The van der Waals surface area contributed by atoms with E-state index in [0.717, 1.165) is 36.6 Å². The highest BCUT2D eigenvalue weighted by Crippen LogP contribution is 2.49. The summed E-state index contributed by atoms with van der Waals surface area (Å²) in [7, 11) is 7.82. The summed E-state index contributed by atoms with van der Waals surface area (Å²) in [6.07, 6.45) is 0.963. The molecule has 0 saturated carbocycles. The largest absolute Gasteiger partial charge is 0.492 e. The van der Waals surface area contributed by atoms with Gasteiger partial charge in [0.25, 0.3) is 0 Å². The predicted octanol–water partition coefficient (Wildman–Crippen LogP) is 1.52. The van der Waals surface area contributed by atoms with Crippen LogP contribution in [0.1, 0.15) is 17.2 Å². The van der Waals surface area contributed by atoms with Crippen LogP contribution in [0.5, 0.6) is 17.2 Å². The molecule has 2 aliphatic heterocycles. The van der Waals surface area contributed by atoms with Crippen molar-refractivity contribution in [3.05, 3.63) is 17.2 Å². The molecule has 3 rings (SSSR count). The summed E-state index contributed by atoms with van der Waals surface area (Å²) in [4.78, 5) is 4.32. The number of rotatable bonds is 2. The maximum Gasteiger partial charge on any atom is 0.231 e. The molecule has 1 aromatic rings. The molecule has 0 bridgehead atoms. The SMILES string of the molecule is COc1c2c(cc3c1[C@@H](C#CCN(C)C)N(C)CC3)OCO2. The molecule has 0 amide bonds. The molecule has 5 heteroatoms. The Balaban J connectivity index is 2.06. The van der Waals surface area contributed by atoms with E-state index < -0.39 is 0 Å². The topological polar surface area (TPSA) is 34.2 Å². The molecule has 2 aliphatic rings. The Morgan fingerprint density at radius 2 is 2.23 bits per heavy atom. The zero-order valence-corrected chi connectivity index (χ0v) is 13.6. The van der Waals surface area contributed by atoms with E-state index in [1.807, 2.05) is 14.1 Å². The molecule has 1 atom stereocenters. The maximum atomic E-state index is 5.65. The number of hydrogen-bond donors (Lipinski definition) is 0. The van der Waals surface area contributed by atoms with E-state index in [1.54, 1.807) is 7.11 Å². The van der Waals surface area contributed by atoms with Crippen molar-refractivity contribution in [2.45, 2.75) is 12.5 Å². The lowest BCUT2D eigenvalue weighted by atomic mass is 9.91. The van der Waals surface area contributed by atoms with Crippen molar-refractivity contribution in [1.82, 2.24) is 9.80 Å². The van der Waals surface area contributed by atoms with E-state index in [-0.39, 0.29) is 12.8 Å². The number of methoxy groups -OCH3 is 1. The fourth-order valence-corrected chi connectivity index (χ4v) is 2.92. The number of ether oxygens (including phenoxy) is 3. The third-order valence-corrected chi connectivity index (χ3v) is 4.03. The highest BCUT2D eigenvalue weighted by molar-refractivity contribution is 5.62. The van der Waals surface area contributed by atoms with Gasteiger partial charge in [-0.2, -0.15) is 0 Å². The molecular weight excluding hydrogens is 280 g/mol. The summed E-state index contributed by atoms with van der Waals surface area (Å²) in [5.41, 5.74) is 2.36. The van der Waals surface area contributed by atoms with Gasteiger partial charge in [-0.1, -0.05) is 11.8 Å². The van der Waals surface area contributed by atoms with Gasteiger partial charge in [-0.25, -0.2) is 0 Å². The smallest absolute Gasteiger partial charge is 0.231 e. The minimum Gasteiger partial charge on any atom is -0.492 e. The number of fused-ring (bicyclic) bond motifs is 2. The standard InChI is InChI=1S/C17H22N2O3/c1-18(2)8-5-6-13-15-12(7-9-19(13)3)10-14-16(17(15)20-4)22-11-21-14/h10,13H,7-9,11H2,1-4H3/t13-/m1/s1. The zero-order chi connectivity index (χ0) is 15.7. The van der Waals surface area contributed by atoms with Crippen LogP contribution in [0.4, 0.5) is 0 Å². The van der Waals surface area contributed by atoms with Crippen LogP contribution in [0.25, 0.3) is 0 Å². The van der Waals surface area contributed by atoms with Gasteiger partial charge in [-0.3, -0.25) is 9.80 Å². The number of hydrogen-bond acceptors (Lipinski definition) is 5. The minimum atomic E-state index is 0.0214. The molecule has 2 heterocycles. The summed E-state index contributed by atoms with van der Waals surface area (Å²) in [6.45, 7) is 1.96. The number of likely N-dealkylation sites (N-methyl/N-ethyl adjacent to an activating group) is 1. The minimum absolute atomic E-state index is 0.0214. The Kier molecular flexibility index (Phi) is 4.14. The first-order valence-corrected chi connectivity index (χ1v) is 7.44. The van der Waals surface area contributed by atoms with Crippen molar-refractivity contribution in [2.24, 2.45) is 0 Å². The molecule has 0 saturated heterocycles. The molecule has 0 unspecified atom stereocenters. The fraction of sp³-hybridized carbons (Fsp3) is 0.529. The second-order valence-electron chi connectivity index (χ2n) is 5.91. The summed E-state index contributed by atoms with van der Waals surface area (Å²) < 4.78 is 16.8. The number of benzene rings is 1. The summed E-state index contributed by atoms with van der Waals surface area (Å²) in [6, 6.07) is 2.10. The predicted molar refractivity (Wildman–Crippen MR) is 84.5 cm³/mol. The zero-order valence-electron chi connectivity index (χ0n) is 13.6. The van der Waals surface area contributed by atoms with Crippen LogP contribution in [0.3, 0.4) is 0 Å². The lowest BCUT2D eigenvalue weighted by molar-refractivity contribution is 0.171. The molecule has 0 aromatic heterocycles. The van der Waals surface area contributed by atoms with Crippen LogP contribution < -0.4 is 14.2 Å². The summed E-state index contributed by atoms with van der Waals surface area (Å²) in [5, 5.41) is 0. The van der Waals surface area contributed by atoms with Crippen LogP contribution in [-0.4, -0.2) is 57.9 Å². The van der Waals surface area contributed by atoms with Gasteiger partial charge in [0.05, 0.1) is 13.7 Å². The average Bonchev–Trinajstić information content (AvgIpc) is 2.95. The maximum absolute atomic E-state index is 5.65. The fourth-order valence-electron chi connectivity index (χ4n) is 2.92. The molecule has 0 aliphatic carbocycles. The molecule has 0 radical (unpaired) electrons. The van der Waals surface area contributed by atoms with Crippen molar-refractivity contribution >= 4 is 0 Å². The van der Waals surface area contributed by atoms with Crippen LogP contribution in [0.2, 0.25) is 0 Å². The van der Waals surface area contributed by atoms with Gasteiger partial charge in [0.2, 0.25) is 12.5 Å². The highest BCUT2D eigenvalue weighted by Gasteiger charge is 2.33. The highest BCUT2D eigenvalue weighted by atomic mass is 16.7. The van der Waals surface area contributed by atoms with Gasteiger partial charge in [-0.05, 0) is 39.2 Å². The van der Waals surface area contributed by atoms with Crippen LogP contribution in [0.15, 0.2) is 6.07 Å². The van der Waals surface area contributed by atoms with E-state index >= 15 is 0 Å². The quantitative estimate of drug-likeness (QED) is 0.774. The molecule has 1 aromatic carbocycles. The van der Waals surface area contributed by atoms with E-state index in [2.05, 4.69) is 34.8 Å². The Morgan fingerprint density at radius 3 is 2.95 bits per heavy atom. The van der Waals surface area contributed by atoms with Crippen molar-refractivity contribution in [2.75, 3.05) is 48.1 Å². The average molecular weight is 302 g/mol. The van der Waals surface area contributed by atoms with Gasteiger partial charge in [-0.15, -0.1) is 0 Å². The lowest BCUT2D eigenvalue weighted by Crippen LogP contribution is -2.32. The molecule has 0 fully saturated rings. The van der Waals surface area contributed by atoms with Crippen molar-refractivity contribution in [1.29, 1.82) is 0 Å². The molecule has 118 valence electrons. The van der Waals surface area contributed by atoms with Gasteiger partial charge < -0.3 is 14.2 Å². The van der Waals surface area contributed by atoms with Gasteiger partial charge >= 0.3 is 0 Å². The Labute approximate surface area is 131 Å². The van der Waals surface area contributed by atoms with Gasteiger partial charge in [0, 0.05) is 12.1 Å². The molecule has 0 N–H and O–H groups in total. The Bertz CT molecular complexity index is 631. The van der Waals surface area contributed by atoms with E-state index in [1.165, 1.54) is 5.56 Å². The lowest BCUT2D eigenvalue weighted by Gasteiger charge is -2.32. The third-order valence-electron chi connectivity index (χ3n) is 4.03. The second-order valence-corrected chi connectivity index (χ2v) is 5.91. The molecule has 5 nitrogen and oxygen atoms in total. The Hall–Kier alpha value is -1.90. The van der Waals surface area contributed by atoms with Crippen LogP contribution in [0, 0.1) is 11.8 Å². The second kappa shape index (κ2) is 6.07. The van der Waals surface area contributed by atoms with Crippen LogP contribution >= 0.6 is 0 Å². The third kappa shape index (κ3) is 2.60. The monoisotopic (exact) mass is 302 g/mol. The van der Waals surface area contributed by atoms with E-state index in [0.29, 0.717) is 5.75 Å². The van der Waals surface area contributed by atoms with Crippen LogP contribution in [-0.2, 0) is 6.42 Å². The van der Waals surface area contributed by atoms with Crippen molar-refractivity contribution in [3.63, 3.8) is 0 Å². The summed E-state index contributed by atoms with van der Waals surface area (Å²) >= 11 is 0. The van der Waals surface area contributed by atoms with E-state index in [4.69, 9.17) is 14.2 Å². The first kappa shape index (κ1) is 15.0. The normalized spacial score (nSPS) is 19.6. The van der Waals surface area contributed by atoms with Crippen molar-refractivity contribution < 1.29 is 14.2 Å². The Morgan fingerprint density at radius 1 is 1.41 bits per heavy atom. The first-order chi connectivity index (χ1) is 10.6. The van der Waals surface area contributed by atoms with Gasteiger partial charge in [0.1, 0.15) is 6.04 Å². The van der Waals surface area contributed by atoms with Gasteiger partial charge in [0.15, 0.2) is 11.5 Å².